The number of fused-ring (bicyclic) bond motifs is 1. The van der Waals surface area contributed by atoms with E-state index in [1.165, 1.54) is 15.8 Å². The molecular formula is C25H23BrN2OS. The maximum Gasteiger partial charge on any atom is 0.255 e. The van der Waals surface area contributed by atoms with Crippen LogP contribution in [0.3, 0.4) is 0 Å². The maximum absolute atomic E-state index is 12.7. The molecule has 0 aliphatic rings. The van der Waals surface area contributed by atoms with Gasteiger partial charge in [0.25, 0.3) is 5.91 Å². The molecule has 0 spiro atoms. The van der Waals surface area contributed by atoms with Crippen LogP contribution in [0.4, 0.5) is 5.69 Å². The van der Waals surface area contributed by atoms with Crippen molar-refractivity contribution in [2.24, 2.45) is 0 Å². The number of benzene rings is 3. The lowest BCUT2D eigenvalue weighted by atomic mass is 9.86. The molecule has 1 N–H and O–H groups in total. The first kappa shape index (κ1) is 20.8. The van der Waals surface area contributed by atoms with Crippen molar-refractivity contribution < 1.29 is 4.79 Å². The third-order valence-electron chi connectivity index (χ3n) is 4.97. The van der Waals surface area contributed by atoms with Gasteiger partial charge in [0.2, 0.25) is 0 Å². The zero-order valence-electron chi connectivity index (χ0n) is 17.4. The summed E-state index contributed by atoms with van der Waals surface area (Å²) in [5, 5.41) is 3.96. The smallest absolute Gasteiger partial charge is 0.255 e. The summed E-state index contributed by atoms with van der Waals surface area (Å²) in [5.74, 6) is -0.126. The number of halogens is 1. The van der Waals surface area contributed by atoms with E-state index < -0.39 is 0 Å². The molecule has 5 heteroatoms. The van der Waals surface area contributed by atoms with Gasteiger partial charge in [-0.2, -0.15) is 0 Å². The highest BCUT2D eigenvalue weighted by atomic mass is 79.9. The standard InChI is InChI=1S/C25H23BrN2OS/c1-15-5-12-21-22(13-15)30-24(28-21)16-6-9-18(10-7-16)27-23(29)17-8-11-19(20(26)14-17)25(2,3)4/h5-14H,1-4H3,(H,27,29). The second kappa shape index (κ2) is 7.97. The highest BCUT2D eigenvalue weighted by Crippen LogP contribution is 2.32. The lowest BCUT2D eigenvalue weighted by molar-refractivity contribution is 0.102. The van der Waals surface area contributed by atoms with Crippen LogP contribution in [0.2, 0.25) is 0 Å². The van der Waals surface area contributed by atoms with Crippen LogP contribution in [0.5, 0.6) is 0 Å². The summed E-state index contributed by atoms with van der Waals surface area (Å²) >= 11 is 5.29. The van der Waals surface area contributed by atoms with Gasteiger partial charge in [0.15, 0.2) is 0 Å². The van der Waals surface area contributed by atoms with Crippen LogP contribution < -0.4 is 5.32 Å². The topological polar surface area (TPSA) is 42.0 Å². The number of aromatic nitrogens is 1. The maximum atomic E-state index is 12.7. The normalized spacial score (nSPS) is 11.6. The molecular weight excluding hydrogens is 456 g/mol. The van der Waals surface area contributed by atoms with E-state index in [2.05, 4.69) is 67.1 Å². The van der Waals surface area contributed by atoms with Crippen LogP contribution in [0, 0.1) is 6.92 Å². The predicted molar refractivity (Wildman–Crippen MR) is 131 cm³/mol. The van der Waals surface area contributed by atoms with Gasteiger partial charge in [-0.05, 0) is 72.0 Å². The van der Waals surface area contributed by atoms with Crippen molar-refractivity contribution in [3.05, 3.63) is 81.8 Å². The number of nitrogens with zero attached hydrogens (tertiary/aromatic N) is 1. The quantitative estimate of drug-likeness (QED) is 0.329. The molecule has 30 heavy (non-hydrogen) atoms. The minimum atomic E-state index is -0.126. The van der Waals surface area contributed by atoms with Crippen LogP contribution in [0.15, 0.2) is 65.1 Å². The monoisotopic (exact) mass is 478 g/mol. The van der Waals surface area contributed by atoms with Crippen molar-refractivity contribution in [1.29, 1.82) is 0 Å². The first-order valence-electron chi connectivity index (χ1n) is 9.80. The van der Waals surface area contributed by atoms with Crippen LogP contribution in [0.1, 0.15) is 42.3 Å². The van der Waals surface area contributed by atoms with E-state index in [9.17, 15) is 4.79 Å². The Balaban J connectivity index is 1.51. The third-order valence-corrected chi connectivity index (χ3v) is 6.70. The van der Waals surface area contributed by atoms with E-state index in [1.807, 2.05) is 42.5 Å². The lowest BCUT2D eigenvalue weighted by Gasteiger charge is -2.21. The average molecular weight is 479 g/mol. The molecule has 0 fully saturated rings. The number of nitrogens with one attached hydrogen (secondary N) is 1. The van der Waals surface area contributed by atoms with E-state index in [-0.39, 0.29) is 11.3 Å². The molecule has 0 unspecified atom stereocenters. The Bertz CT molecular complexity index is 1240. The highest BCUT2D eigenvalue weighted by Gasteiger charge is 2.18. The number of thiazole rings is 1. The average Bonchev–Trinajstić information content (AvgIpc) is 3.10. The summed E-state index contributed by atoms with van der Waals surface area (Å²) in [6.45, 7) is 8.55. The molecule has 1 aromatic heterocycles. The Morgan fingerprint density at radius 1 is 1.00 bits per heavy atom. The van der Waals surface area contributed by atoms with Crippen LogP contribution in [-0.4, -0.2) is 10.9 Å². The van der Waals surface area contributed by atoms with Crippen LogP contribution in [-0.2, 0) is 5.41 Å². The molecule has 0 atom stereocenters. The number of hydrogen-bond acceptors (Lipinski definition) is 3. The van der Waals surface area contributed by atoms with Crippen molar-refractivity contribution >= 4 is 49.1 Å². The van der Waals surface area contributed by atoms with Gasteiger partial charge in [0.05, 0.1) is 10.2 Å². The molecule has 0 radical (unpaired) electrons. The van der Waals surface area contributed by atoms with Gasteiger partial charge in [-0.15, -0.1) is 11.3 Å². The van der Waals surface area contributed by atoms with Crippen LogP contribution in [0.25, 0.3) is 20.8 Å². The fourth-order valence-electron chi connectivity index (χ4n) is 3.32. The first-order chi connectivity index (χ1) is 14.2. The molecule has 0 aliphatic heterocycles. The van der Waals surface area contributed by atoms with Gasteiger partial charge in [-0.3, -0.25) is 4.79 Å². The van der Waals surface area contributed by atoms with Gasteiger partial charge >= 0.3 is 0 Å². The molecule has 0 saturated heterocycles. The van der Waals surface area contributed by atoms with Crippen molar-refractivity contribution in [2.75, 3.05) is 5.32 Å². The van der Waals surface area contributed by atoms with Crippen molar-refractivity contribution in [3.8, 4) is 10.6 Å². The Hall–Kier alpha value is -2.50. The molecule has 3 aromatic carbocycles. The molecule has 0 bridgehead atoms. The Labute approximate surface area is 189 Å². The summed E-state index contributed by atoms with van der Waals surface area (Å²) in [4.78, 5) is 17.4. The van der Waals surface area contributed by atoms with Gasteiger partial charge in [0.1, 0.15) is 5.01 Å². The zero-order chi connectivity index (χ0) is 21.5. The number of aryl methyl sites for hydroxylation is 1. The number of rotatable bonds is 3. The largest absolute Gasteiger partial charge is 0.322 e. The fourth-order valence-corrected chi connectivity index (χ4v) is 5.36. The summed E-state index contributed by atoms with van der Waals surface area (Å²) < 4.78 is 2.13. The van der Waals surface area contributed by atoms with E-state index in [0.717, 1.165) is 26.2 Å². The van der Waals surface area contributed by atoms with E-state index >= 15 is 0 Å². The Morgan fingerprint density at radius 2 is 1.73 bits per heavy atom. The molecule has 4 rings (SSSR count). The number of hydrogen-bond donors (Lipinski definition) is 1. The molecule has 3 nitrogen and oxygen atoms in total. The van der Waals surface area contributed by atoms with Crippen LogP contribution >= 0.6 is 27.3 Å². The second-order valence-corrected chi connectivity index (χ2v) is 10.4. The van der Waals surface area contributed by atoms with Gasteiger partial charge in [0, 0.05) is 21.3 Å². The van der Waals surface area contributed by atoms with E-state index in [0.29, 0.717) is 5.56 Å². The second-order valence-electron chi connectivity index (χ2n) is 8.47. The number of carbonyl (C=O) groups excluding carboxylic acids is 1. The first-order valence-corrected chi connectivity index (χ1v) is 11.4. The zero-order valence-corrected chi connectivity index (χ0v) is 19.8. The Kier molecular flexibility index (Phi) is 5.51. The fraction of sp³-hybridized carbons (Fsp3) is 0.200. The lowest BCUT2D eigenvalue weighted by Crippen LogP contribution is -2.15. The van der Waals surface area contributed by atoms with Crippen molar-refractivity contribution in [3.63, 3.8) is 0 Å². The highest BCUT2D eigenvalue weighted by molar-refractivity contribution is 9.10. The Morgan fingerprint density at radius 3 is 2.40 bits per heavy atom. The third kappa shape index (κ3) is 4.32. The van der Waals surface area contributed by atoms with Crippen molar-refractivity contribution in [2.45, 2.75) is 33.1 Å². The molecule has 152 valence electrons. The molecule has 1 heterocycles. The van der Waals surface area contributed by atoms with Gasteiger partial charge in [-0.25, -0.2) is 4.98 Å². The summed E-state index contributed by atoms with van der Waals surface area (Å²) in [7, 11) is 0. The van der Waals surface area contributed by atoms with Crippen molar-refractivity contribution in [1.82, 2.24) is 4.98 Å². The molecule has 0 saturated carbocycles. The number of anilines is 1. The van der Waals surface area contributed by atoms with Gasteiger partial charge in [-0.1, -0.05) is 48.8 Å². The van der Waals surface area contributed by atoms with E-state index in [1.54, 1.807) is 11.3 Å². The summed E-state index contributed by atoms with van der Waals surface area (Å²) in [6.07, 6.45) is 0. The van der Waals surface area contributed by atoms with Gasteiger partial charge < -0.3 is 5.32 Å². The van der Waals surface area contributed by atoms with E-state index in [4.69, 9.17) is 4.98 Å². The number of amides is 1. The summed E-state index contributed by atoms with van der Waals surface area (Å²) in [5.41, 5.74) is 5.87. The molecule has 4 aromatic rings. The molecule has 0 aliphatic carbocycles. The minimum Gasteiger partial charge on any atom is -0.322 e. The number of carbonyl (C=O) groups is 1. The summed E-state index contributed by atoms with van der Waals surface area (Å²) in [6, 6.07) is 19.9. The molecule has 1 amide bonds. The predicted octanol–water partition coefficient (Wildman–Crippen LogP) is 7.58. The SMILES string of the molecule is Cc1ccc2nc(-c3ccc(NC(=O)c4ccc(C(C)(C)C)c(Br)c4)cc3)sc2c1. The minimum absolute atomic E-state index is 0.0169.